The second kappa shape index (κ2) is 7.90. The molecule has 2 aromatic rings. The number of nitrogens with zero attached hydrogens (tertiary/aromatic N) is 2. The molecule has 4 nitrogen and oxygen atoms in total. The maximum Gasteiger partial charge on any atom is 0.227 e. The van der Waals surface area contributed by atoms with E-state index >= 15 is 0 Å². The zero-order chi connectivity index (χ0) is 16.8. The Bertz CT molecular complexity index is 678. The van der Waals surface area contributed by atoms with E-state index in [0.29, 0.717) is 24.7 Å². The van der Waals surface area contributed by atoms with Gasteiger partial charge in [-0.2, -0.15) is 0 Å². The molecule has 3 rings (SSSR count). The Morgan fingerprint density at radius 1 is 1.29 bits per heavy atom. The summed E-state index contributed by atoms with van der Waals surface area (Å²) in [5.74, 6) is 0.507. The predicted molar refractivity (Wildman–Crippen MR) is 89.1 cm³/mol. The summed E-state index contributed by atoms with van der Waals surface area (Å²) in [7, 11) is 0. The van der Waals surface area contributed by atoms with Crippen LogP contribution in [0.25, 0.3) is 0 Å². The van der Waals surface area contributed by atoms with Gasteiger partial charge in [0, 0.05) is 25.5 Å². The van der Waals surface area contributed by atoms with Gasteiger partial charge in [-0.05, 0) is 42.5 Å². The standard InChI is InChI=1S/C19H21FN2O2/c20-17-5-1-2-6-18(17)24-11-8-15-7-10-22(14-15)19(23)12-16-4-3-9-21-13-16/h1-6,9,13,15H,7-8,10-12,14H2. The SMILES string of the molecule is O=C(Cc1cccnc1)N1CCC(CCOc2ccccc2F)C1. The molecular formula is C19H21FN2O2. The maximum atomic E-state index is 13.5. The van der Waals surface area contributed by atoms with Crippen LogP contribution in [0.3, 0.4) is 0 Å². The lowest BCUT2D eigenvalue weighted by molar-refractivity contribution is -0.129. The van der Waals surface area contributed by atoms with Crippen LogP contribution in [0.5, 0.6) is 5.75 Å². The third kappa shape index (κ3) is 4.31. The van der Waals surface area contributed by atoms with Gasteiger partial charge in [0.2, 0.25) is 5.91 Å². The van der Waals surface area contributed by atoms with Crippen LogP contribution in [0.15, 0.2) is 48.8 Å². The van der Waals surface area contributed by atoms with Crippen molar-refractivity contribution in [2.75, 3.05) is 19.7 Å². The summed E-state index contributed by atoms with van der Waals surface area (Å²) in [6, 6.07) is 10.2. The summed E-state index contributed by atoms with van der Waals surface area (Å²) in [6.07, 6.45) is 5.62. The van der Waals surface area contributed by atoms with E-state index in [1.165, 1.54) is 6.07 Å². The quantitative estimate of drug-likeness (QED) is 0.818. The number of hydrogen-bond acceptors (Lipinski definition) is 3. The van der Waals surface area contributed by atoms with Crippen LogP contribution >= 0.6 is 0 Å². The number of hydrogen-bond donors (Lipinski definition) is 0. The van der Waals surface area contributed by atoms with Crippen LogP contribution in [0.4, 0.5) is 4.39 Å². The van der Waals surface area contributed by atoms with Gasteiger partial charge in [0.15, 0.2) is 11.6 Å². The number of likely N-dealkylation sites (tertiary alicyclic amines) is 1. The largest absolute Gasteiger partial charge is 0.491 e. The van der Waals surface area contributed by atoms with E-state index in [-0.39, 0.29) is 11.7 Å². The molecule has 1 aromatic carbocycles. The lowest BCUT2D eigenvalue weighted by Crippen LogP contribution is -2.30. The molecule has 1 unspecified atom stereocenters. The van der Waals surface area contributed by atoms with Crippen LogP contribution in [0.2, 0.25) is 0 Å². The van der Waals surface area contributed by atoms with E-state index < -0.39 is 0 Å². The molecule has 0 aliphatic carbocycles. The van der Waals surface area contributed by atoms with Crippen molar-refractivity contribution >= 4 is 5.91 Å². The number of amides is 1. The number of para-hydroxylation sites is 1. The fourth-order valence-electron chi connectivity index (χ4n) is 2.98. The number of carbonyl (C=O) groups excluding carboxylic acids is 1. The number of carbonyl (C=O) groups is 1. The highest BCUT2D eigenvalue weighted by Gasteiger charge is 2.26. The van der Waals surface area contributed by atoms with Gasteiger partial charge >= 0.3 is 0 Å². The normalized spacial score (nSPS) is 17.0. The van der Waals surface area contributed by atoms with Gasteiger partial charge in [0.25, 0.3) is 0 Å². The fraction of sp³-hybridized carbons (Fsp3) is 0.368. The highest BCUT2D eigenvalue weighted by atomic mass is 19.1. The second-order valence-corrected chi connectivity index (χ2v) is 6.10. The van der Waals surface area contributed by atoms with Crippen molar-refractivity contribution in [1.29, 1.82) is 0 Å². The highest BCUT2D eigenvalue weighted by molar-refractivity contribution is 5.78. The first-order valence-corrected chi connectivity index (χ1v) is 8.26. The minimum absolute atomic E-state index is 0.139. The molecule has 1 saturated heterocycles. The molecule has 126 valence electrons. The van der Waals surface area contributed by atoms with E-state index in [4.69, 9.17) is 4.74 Å². The predicted octanol–water partition coefficient (Wildman–Crippen LogP) is 3.08. The molecule has 0 N–H and O–H groups in total. The van der Waals surface area contributed by atoms with Crippen molar-refractivity contribution in [2.24, 2.45) is 5.92 Å². The number of benzene rings is 1. The van der Waals surface area contributed by atoms with Gasteiger partial charge in [-0.1, -0.05) is 18.2 Å². The van der Waals surface area contributed by atoms with Gasteiger partial charge in [-0.25, -0.2) is 4.39 Å². The van der Waals surface area contributed by atoms with E-state index in [1.54, 1.807) is 30.6 Å². The van der Waals surface area contributed by atoms with Crippen LogP contribution in [0.1, 0.15) is 18.4 Å². The fourth-order valence-corrected chi connectivity index (χ4v) is 2.98. The van der Waals surface area contributed by atoms with Crippen LogP contribution in [0, 0.1) is 11.7 Å². The molecule has 1 aliphatic heterocycles. The zero-order valence-electron chi connectivity index (χ0n) is 13.5. The van der Waals surface area contributed by atoms with Gasteiger partial charge in [-0.3, -0.25) is 9.78 Å². The average molecular weight is 328 g/mol. The number of ether oxygens (including phenoxy) is 1. The summed E-state index contributed by atoms with van der Waals surface area (Å²) in [5, 5.41) is 0. The highest BCUT2D eigenvalue weighted by Crippen LogP contribution is 2.22. The lowest BCUT2D eigenvalue weighted by atomic mass is 10.1. The Kier molecular flexibility index (Phi) is 5.41. The van der Waals surface area contributed by atoms with Crippen molar-refractivity contribution in [1.82, 2.24) is 9.88 Å². The van der Waals surface area contributed by atoms with Crippen molar-refractivity contribution in [3.63, 3.8) is 0 Å². The Balaban J connectivity index is 1.42. The van der Waals surface area contributed by atoms with E-state index in [2.05, 4.69) is 4.98 Å². The van der Waals surface area contributed by atoms with E-state index in [1.807, 2.05) is 17.0 Å². The smallest absolute Gasteiger partial charge is 0.227 e. The molecule has 1 aromatic heterocycles. The molecule has 1 fully saturated rings. The maximum absolute atomic E-state index is 13.5. The lowest BCUT2D eigenvalue weighted by Gasteiger charge is -2.16. The number of aromatic nitrogens is 1. The van der Waals surface area contributed by atoms with Crippen molar-refractivity contribution in [2.45, 2.75) is 19.3 Å². The Labute approximate surface area is 141 Å². The summed E-state index contributed by atoms with van der Waals surface area (Å²) in [4.78, 5) is 18.3. The Morgan fingerprint density at radius 3 is 2.96 bits per heavy atom. The molecule has 0 spiro atoms. The van der Waals surface area contributed by atoms with Gasteiger partial charge < -0.3 is 9.64 Å². The third-order valence-electron chi connectivity index (χ3n) is 4.34. The van der Waals surface area contributed by atoms with Crippen molar-refractivity contribution in [3.8, 4) is 5.75 Å². The topological polar surface area (TPSA) is 42.4 Å². The average Bonchev–Trinajstić information content (AvgIpc) is 3.07. The zero-order valence-corrected chi connectivity index (χ0v) is 13.5. The van der Waals surface area contributed by atoms with Crippen LogP contribution < -0.4 is 4.74 Å². The molecule has 1 atom stereocenters. The van der Waals surface area contributed by atoms with Gasteiger partial charge in [-0.15, -0.1) is 0 Å². The Hall–Kier alpha value is -2.43. The molecule has 0 radical (unpaired) electrons. The minimum Gasteiger partial charge on any atom is -0.491 e. The van der Waals surface area contributed by atoms with Crippen molar-refractivity contribution in [3.05, 3.63) is 60.2 Å². The van der Waals surface area contributed by atoms with E-state index in [0.717, 1.165) is 31.5 Å². The minimum atomic E-state index is -0.336. The molecule has 0 bridgehead atoms. The first-order valence-electron chi connectivity index (χ1n) is 8.26. The van der Waals surface area contributed by atoms with E-state index in [9.17, 15) is 9.18 Å². The summed E-state index contributed by atoms with van der Waals surface area (Å²) in [5.41, 5.74) is 0.939. The molecule has 1 aliphatic rings. The second-order valence-electron chi connectivity index (χ2n) is 6.10. The molecular weight excluding hydrogens is 307 g/mol. The summed E-state index contributed by atoms with van der Waals surface area (Å²) >= 11 is 0. The Morgan fingerprint density at radius 2 is 2.17 bits per heavy atom. The summed E-state index contributed by atoms with van der Waals surface area (Å²) in [6.45, 7) is 2.00. The molecule has 2 heterocycles. The first kappa shape index (κ1) is 16.4. The monoisotopic (exact) mass is 328 g/mol. The van der Waals surface area contributed by atoms with Crippen LogP contribution in [-0.4, -0.2) is 35.5 Å². The van der Waals surface area contributed by atoms with Gasteiger partial charge in [0.1, 0.15) is 0 Å². The van der Waals surface area contributed by atoms with Crippen LogP contribution in [-0.2, 0) is 11.2 Å². The molecule has 0 saturated carbocycles. The number of pyridine rings is 1. The first-order chi connectivity index (χ1) is 11.7. The summed E-state index contributed by atoms with van der Waals surface area (Å²) < 4.78 is 19.0. The third-order valence-corrected chi connectivity index (χ3v) is 4.34. The van der Waals surface area contributed by atoms with Gasteiger partial charge in [0.05, 0.1) is 13.0 Å². The molecule has 5 heteroatoms. The number of rotatable bonds is 6. The molecule has 1 amide bonds. The van der Waals surface area contributed by atoms with Crippen molar-refractivity contribution < 1.29 is 13.9 Å². The molecule has 24 heavy (non-hydrogen) atoms. The number of halogens is 1.